The van der Waals surface area contributed by atoms with Crippen LogP contribution in [0.5, 0.6) is 11.5 Å². The highest BCUT2D eigenvalue weighted by molar-refractivity contribution is 5.97. The fourth-order valence-corrected chi connectivity index (χ4v) is 4.06. The van der Waals surface area contributed by atoms with Gasteiger partial charge in [0.05, 0.1) is 31.3 Å². The lowest BCUT2D eigenvalue weighted by Gasteiger charge is -2.23. The van der Waals surface area contributed by atoms with E-state index in [1.165, 1.54) is 12.0 Å². The van der Waals surface area contributed by atoms with Crippen LogP contribution in [0, 0.1) is 0 Å². The zero-order chi connectivity index (χ0) is 28.7. The monoisotopic (exact) mass is 541 g/mol. The summed E-state index contributed by atoms with van der Waals surface area (Å²) in [5, 5.41) is 10.6. The number of methoxy groups -OCH3 is 2. The van der Waals surface area contributed by atoms with Crippen LogP contribution < -0.4 is 20.1 Å². The molecule has 9 heteroatoms. The summed E-state index contributed by atoms with van der Waals surface area (Å²) in [6, 6.07) is 25.6. The SMILES string of the molecule is COc1ccc(NC(=O)N(CC(=O)Nc2cc(C(C)(C)C)nn2-c2ccccc2)Cc2ccccc2)c(OC)c1. The minimum Gasteiger partial charge on any atom is -0.497 e. The van der Waals surface area contributed by atoms with Gasteiger partial charge in [0, 0.05) is 24.1 Å². The summed E-state index contributed by atoms with van der Waals surface area (Å²) < 4.78 is 12.4. The van der Waals surface area contributed by atoms with Gasteiger partial charge in [-0.3, -0.25) is 4.79 Å². The largest absolute Gasteiger partial charge is 0.497 e. The molecule has 0 saturated heterocycles. The van der Waals surface area contributed by atoms with Crippen molar-refractivity contribution in [2.24, 2.45) is 0 Å². The van der Waals surface area contributed by atoms with E-state index in [1.807, 2.05) is 66.7 Å². The van der Waals surface area contributed by atoms with E-state index in [1.54, 1.807) is 30.0 Å². The number of urea groups is 1. The van der Waals surface area contributed by atoms with Crippen LogP contribution in [0.3, 0.4) is 0 Å². The normalized spacial score (nSPS) is 11.0. The maximum atomic E-state index is 13.5. The third-order valence-electron chi connectivity index (χ3n) is 6.23. The Balaban J connectivity index is 1.58. The van der Waals surface area contributed by atoms with E-state index in [9.17, 15) is 9.59 Å². The first-order valence-electron chi connectivity index (χ1n) is 13.0. The second-order valence-electron chi connectivity index (χ2n) is 10.3. The molecule has 2 N–H and O–H groups in total. The summed E-state index contributed by atoms with van der Waals surface area (Å²) in [7, 11) is 3.07. The highest BCUT2D eigenvalue weighted by Gasteiger charge is 2.24. The van der Waals surface area contributed by atoms with Gasteiger partial charge >= 0.3 is 6.03 Å². The van der Waals surface area contributed by atoms with E-state index >= 15 is 0 Å². The van der Waals surface area contributed by atoms with Gasteiger partial charge in [-0.15, -0.1) is 0 Å². The Hall–Kier alpha value is -4.79. The third-order valence-corrected chi connectivity index (χ3v) is 6.23. The Morgan fingerprint density at radius 2 is 1.55 bits per heavy atom. The number of hydrogen-bond donors (Lipinski definition) is 2. The van der Waals surface area contributed by atoms with E-state index in [0.29, 0.717) is 23.0 Å². The molecule has 3 amide bonds. The van der Waals surface area contributed by atoms with E-state index in [4.69, 9.17) is 14.6 Å². The van der Waals surface area contributed by atoms with E-state index in [2.05, 4.69) is 31.4 Å². The first kappa shape index (κ1) is 28.2. The molecule has 0 bridgehead atoms. The highest BCUT2D eigenvalue weighted by atomic mass is 16.5. The van der Waals surface area contributed by atoms with Crippen molar-refractivity contribution in [1.29, 1.82) is 0 Å². The molecule has 208 valence electrons. The zero-order valence-electron chi connectivity index (χ0n) is 23.5. The summed E-state index contributed by atoms with van der Waals surface area (Å²) in [6.45, 7) is 6.23. The predicted octanol–water partition coefficient (Wildman–Crippen LogP) is 5.86. The molecule has 40 heavy (non-hydrogen) atoms. The predicted molar refractivity (Wildman–Crippen MR) is 156 cm³/mol. The Morgan fingerprint density at radius 3 is 2.17 bits per heavy atom. The fourth-order valence-electron chi connectivity index (χ4n) is 4.06. The number of carbonyl (C=O) groups excluding carboxylic acids is 2. The topological polar surface area (TPSA) is 97.7 Å². The van der Waals surface area contributed by atoms with Crippen LogP contribution in [0.4, 0.5) is 16.3 Å². The first-order chi connectivity index (χ1) is 19.2. The van der Waals surface area contributed by atoms with Gasteiger partial charge in [-0.25, -0.2) is 9.48 Å². The van der Waals surface area contributed by atoms with Crippen molar-refractivity contribution in [1.82, 2.24) is 14.7 Å². The quantitative estimate of drug-likeness (QED) is 0.277. The van der Waals surface area contributed by atoms with Crippen molar-refractivity contribution in [2.45, 2.75) is 32.7 Å². The number of ether oxygens (including phenoxy) is 2. The molecule has 3 aromatic carbocycles. The van der Waals surface area contributed by atoms with Gasteiger partial charge in [0.15, 0.2) is 0 Å². The maximum Gasteiger partial charge on any atom is 0.322 e. The summed E-state index contributed by atoms with van der Waals surface area (Å²) in [4.78, 5) is 28.3. The van der Waals surface area contributed by atoms with Crippen LogP contribution in [0.25, 0.3) is 5.69 Å². The van der Waals surface area contributed by atoms with Crippen molar-refractivity contribution >= 4 is 23.4 Å². The first-order valence-corrected chi connectivity index (χ1v) is 13.0. The lowest BCUT2D eigenvalue weighted by molar-refractivity contribution is -0.116. The van der Waals surface area contributed by atoms with Gasteiger partial charge < -0.3 is 25.0 Å². The van der Waals surface area contributed by atoms with Crippen molar-refractivity contribution in [3.05, 3.63) is 96.2 Å². The number of nitrogens with one attached hydrogen (secondary N) is 2. The van der Waals surface area contributed by atoms with E-state index in [-0.39, 0.29) is 24.4 Å². The van der Waals surface area contributed by atoms with Crippen molar-refractivity contribution < 1.29 is 19.1 Å². The lowest BCUT2D eigenvalue weighted by atomic mass is 9.92. The van der Waals surface area contributed by atoms with Crippen molar-refractivity contribution in [3.63, 3.8) is 0 Å². The average Bonchev–Trinajstić information content (AvgIpc) is 3.38. The second-order valence-corrected chi connectivity index (χ2v) is 10.3. The Kier molecular flexibility index (Phi) is 8.73. The number of anilines is 2. The number of rotatable bonds is 9. The summed E-state index contributed by atoms with van der Waals surface area (Å²) in [5.41, 5.74) is 2.77. The Morgan fingerprint density at radius 1 is 0.875 bits per heavy atom. The van der Waals surface area contributed by atoms with Crippen molar-refractivity contribution in [2.75, 3.05) is 31.4 Å². The third kappa shape index (κ3) is 6.99. The lowest BCUT2D eigenvalue weighted by Crippen LogP contribution is -2.40. The van der Waals surface area contributed by atoms with Crippen LogP contribution in [0.15, 0.2) is 84.9 Å². The minimum absolute atomic E-state index is 0.190. The van der Waals surface area contributed by atoms with Gasteiger partial charge in [-0.2, -0.15) is 5.10 Å². The Bertz CT molecular complexity index is 1450. The number of benzene rings is 3. The van der Waals surface area contributed by atoms with Crippen LogP contribution in [-0.4, -0.2) is 47.4 Å². The van der Waals surface area contributed by atoms with Crippen molar-refractivity contribution in [3.8, 4) is 17.2 Å². The Labute approximate surface area is 234 Å². The molecule has 0 fully saturated rings. The standard InChI is InChI=1S/C31H35N5O4/c1-31(2,3)27-19-28(36(34-27)23-14-10-7-11-15-23)33-29(37)21-35(20-22-12-8-6-9-13-22)30(38)32-25-17-16-24(39-4)18-26(25)40-5/h6-19H,20-21H2,1-5H3,(H,32,38)(H,33,37). The molecule has 4 aromatic rings. The van der Waals surface area contributed by atoms with Crippen LogP contribution >= 0.6 is 0 Å². The average molecular weight is 542 g/mol. The molecule has 0 aliphatic carbocycles. The molecule has 0 aliphatic rings. The van der Waals surface area contributed by atoms with Gasteiger partial charge in [0.25, 0.3) is 0 Å². The minimum atomic E-state index is -0.450. The fraction of sp³-hybridized carbons (Fsp3) is 0.258. The molecular weight excluding hydrogens is 506 g/mol. The number of carbonyl (C=O) groups is 2. The van der Waals surface area contributed by atoms with Gasteiger partial charge in [0.2, 0.25) is 5.91 Å². The number of amides is 3. The highest BCUT2D eigenvalue weighted by Crippen LogP contribution is 2.30. The van der Waals surface area contributed by atoms with Gasteiger partial charge in [-0.1, -0.05) is 69.3 Å². The number of para-hydroxylation sites is 1. The molecule has 4 rings (SSSR count). The molecule has 0 atom stereocenters. The van der Waals surface area contributed by atoms with Crippen LogP contribution in [0.2, 0.25) is 0 Å². The molecule has 0 saturated carbocycles. The summed E-state index contributed by atoms with van der Waals surface area (Å²) in [5.74, 6) is 1.21. The molecule has 0 spiro atoms. The second kappa shape index (κ2) is 12.4. The van der Waals surface area contributed by atoms with Gasteiger partial charge in [-0.05, 0) is 29.8 Å². The zero-order valence-corrected chi connectivity index (χ0v) is 23.5. The van der Waals surface area contributed by atoms with Gasteiger partial charge in [0.1, 0.15) is 23.9 Å². The van der Waals surface area contributed by atoms with E-state index in [0.717, 1.165) is 16.9 Å². The summed E-state index contributed by atoms with van der Waals surface area (Å²) in [6.07, 6.45) is 0. The molecule has 0 unspecified atom stereocenters. The summed E-state index contributed by atoms with van der Waals surface area (Å²) >= 11 is 0. The molecule has 0 radical (unpaired) electrons. The number of aromatic nitrogens is 2. The number of nitrogens with zero attached hydrogens (tertiary/aromatic N) is 3. The molecule has 9 nitrogen and oxygen atoms in total. The maximum absolute atomic E-state index is 13.5. The molecular formula is C31H35N5O4. The van der Waals surface area contributed by atoms with Crippen LogP contribution in [0.1, 0.15) is 32.0 Å². The molecule has 1 heterocycles. The smallest absolute Gasteiger partial charge is 0.322 e. The van der Waals surface area contributed by atoms with Crippen LogP contribution in [-0.2, 0) is 16.8 Å². The molecule has 1 aromatic heterocycles. The molecule has 0 aliphatic heterocycles. The number of hydrogen-bond acceptors (Lipinski definition) is 5. The van der Waals surface area contributed by atoms with E-state index < -0.39 is 6.03 Å².